The van der Waals surface area contributed by atoms with E-state index < -0.39 is 34.6 Å². The fourth-order valence-electron chi connectivity index (χ4n) is 3.17. The number of carbonyl (C=O) groups is 2. The summed E-state index contributed by atoms with van der Waals surface area (Å²) < 4.78 is 44.6. The van der Waals surface area contributed by atoms with Gasteiger partial charge in [0, 0.05) is 30.4 Å². The van der Waals surface area contributed by atoms with Gasteiger partial charge in [-0.25, -0.2) is 9.97 Å². The zero-order chi connectivity index (χ0) is 28.7. The van der Waals surface area contributed by atoms with E-state index in [1.54, 1.807) is 38.4 Å². The fourth-order valence-corrected chi connectivity index (χ4v) is 4.20. The number of anilines is 1. The number of alkyl halides is 3. The van der Waals surface area contributed by atoms with Gasteiger partial charge in [0.15, 0.2) is 0 Å². The molecule has 0 fully saturated rings. The van der Waals surface area contributed by atoms with Crippen LogP contribution in [-0.2, 0) is 11.0 Å². The van der Waals surface area contributed by atoms with Crippen molar-refractivity contribution in [1.29, 1.82) is 0 Å². The molecule has 9 nitrogen and oxygen atoms in total. The summed E-state index contributed by atoms with van der Waals surface area (Å²) in [6.07, 6.45) is 3.35. The maximum atomic E-state index is 13.1. The highest BCUT2D eigenvalue weighted by Crippen LogP contribution is 2.35. The Bertz CT molecular complexity index is 1450. The smallest absolute Gasteiger partial charge is 0.418 e. The van der Waals surface area contributed by atoms with E-state index in [9.17, 15) is 22.8 Å². The summed E-state index contributed by atoms with van der Waals surface area (Å²) in [6, 6.07) is 1.71. The third-order valence-electron chi connectivity index (χ3n) is 5.09. The third-order valence-corrected chi connectivity index (χ3v) is 6.57. The van der Waals surface area contributed by atoms with Gasteiger partial charge >= 0.3 is 6.18 Å². The highest BCUT2D eigenvalue weighted by Gasteiger charge is 2.34. The molecule has 0 saturated heterocycles. The molecule has 1 unspecified atom stereocenters. The number of aromatic nitrogens is 3. The van der Waals surface area contributed by atoms with E-state index in [2.05, 4.69) is 37.2 Å². The van der Waals surface area contributed by atoms with Gasteiger partial charge in [-0.05, 0) is 32.1 Å². The standard InChI is InChI=1S/C25H22ClF3N6O3S/c1-5-31-18(15-10-30-7-6-19(15)38-4)8-13(2)22(36)34-14(3)24-33-12-20(39-24)23(37)35-21-9-16(25(27,28)29)17(26)11-32-21/h5-12,14H,1H2,2-4H3,(H,34,36)(H,32,35,37)/b13-8+,31-18?. The minimum absolute atomic E-state index is 0.104. The number of amides is 2. The summed E-state index contributed by atoms with van der Waals surface area (Å²) in [4.78, 5) is 41.7. The number of nitrogens with zero attached hydrogens (tertiary/aromatic N) is 4. The Morgan fingerprint density at radius 1 is 1.26 bits per heavy atom. The van der Waals surface area contributed by atoms with Crippen LogP contribution < -0.4 is 15.4 Å². The monoisotopic (exact) mass is 578 g/mol. The molecule has 1 atom stereocenters. The first-order valence-corrected chi connectivity index (χ1v) is 12.3. The molecule has 2 N–H and O–H groups in total. The molecule has 14 heteroatoms. The van der Waals surface area contributed by atoms with E-state index >= 15 is 0 Å². The molecule has 3 heterocycles. The molecular formula is C25H22ClF3N6O3S. The number of aliphatic imine (C=N–C) groups is 1. The predicted molar refractivity (Wildman–Crippen MR) is 142 cm³/mol. The number of ether oxygens (including phenoxy) is 1. The average molecular weight is 579 g/mol. The van der Waals surface area contributed by atoms with Gasteiger partial charge in [-0.1, -0.05) is 18.2 Å². The number of thiazole rings is 1. The molecule has 39 heavy (non-hydrogen) atoms. The molecule has 0 aromatic carbocycles. The molecule has 3 aromatic rings. The molecule has 3 rings (SSSR count). The molecule has 0 bridgehead atoms. The van der Waals surface area contributed by atoms with Crippen LogP contribution in [0.2, 0.25) is 5.02 Å². The third kappa shape index (κ3) is 7.48. The summed E-state index contributed by atoms with van der Waals surface area (Å²) in [7, 11) is 1.50. The minimum Gasteiger partial charge on any atom is -0.496 e. The van der Waals surface area contributed by atoms with Gasteiger partial charge in [0.2, 0.25) is 5.91 Å². The van der Waals surface area contributed by atoms with E-state index in [1.165, 1.54) is 19.5 Å². The van der Waals surface area contributed by atoms with Crippen LogP contribution in [0.4, 0.5) is 19.0 Å². The van der Waals surface area contributed by atoms with E-state index in [0.717, 1.165) is 17.5 Å². The molecule has 2 amide bonds. The summed E-state index contributed by atoms with van der Waals surface area (Å²) in [5.74, 6) is -0.947. The van der Waals surface area contributed by atoms with Crippen LogP contribution in [0.1, 0.15) is 45.7 Å². The first-order valence-electron chi connectivity index (χ1n) is 11.1. The summed E-state index contributed by atoms with van der Waals surface area (Å²) in [5, 5.41) is 4.89. The fraction of sp³-hybridized carbons (Fsp3) is 0.200. The molecule has 0 aliphatic heterocycles. The van der Waals surface area contributed by atoms with Crippen LogP contribution in [0, 0.1) is 0 Å². The number of nitrogens with one attached hydrogen (secondary N) is 2. The van der Waals surface area contributed by atoms with Crippen molar-refractivity contribution in [2.24, 2.45) is 4.99 Å². The molecule has 3 aromatic heterocycles. The SMILES string of the molecule is C=CN=C(/C=C(\C)C(=O)NC(C)c1ncc(C(=O)Nc2cc(C(F)(F)F)c(Cl)cn2)s1)c1cnccc1OC. The molecule has 204 valence electrons. The number of allylic oxidation sites excluding steroid dienone is 1. The normalized spacial score (nSPS) is 13.0. The van der Waals surface area contributed by atoms with E-state index in [-0.39, 0.29) is 10.7 Å². The zero-order valence-corrected chi connectivity index (χ0v) is 22.4. The van der Waals surface area contributed by atoms with Gasteiger partial charge in [-0.15, -0.1) is 11.3 Å². The lowest BCUT2D eigenvalue weighted by molar-refractivity contribution is -0.137. The Morgan fingerprint density at radius 3 is 2.67 bits per heavy atom. The Kier molecular flexibility index (Phi) is 9.54. The number of methoxy groups -OCH3 is 1. The highest BCUT2D eigenvalue weighted by atomic mass is 35.5. The van der Waals surface area contributed by atoms with Crippen LogP contribution >= 0.6 is 22.9 Å². The molecule has 0 saturated carbocycles. The minimum atomic E-state index is -4.71. The summed E-state index contributed by atoms with van der Waals surface area (Å²) in [6.45, 7) is 6.87. The summed E-state index contributed by atoms with van der Waals surface area (Å²) >= 11 is 6.53. The lowest BCUT2D eigenvalue weighted by Crippen LogP contribution is -2.27. The van der Waals surface area contributed by atoms with Crippen molar-refractivity contribution >= 4 is 46.3 Å². The van der Waals surface area contributed by atoms with Crippen molar-refractivity contribution in [1.82, 2.24) is 20.3 Å². The topological polar surface area (TPSA) is 118 Å². The summed E-state index contributed by atoms with van der Waals surface area (Å²) in [5.41, 5.74) is 0.167. The Hall–Kier alpha value is -4.10. The first-order chi connectivity index (χ1) is 18.4. The van der Waals surface area contributed by atoms with E-state index in [1.807, 2.05) is 0 Å². The lowest BCUT2D eigenvalue weighted by atomic mass is 10.1. The van der Waals surface area contributed by atoms with E-state index in [4.69, 9.17) is 16.3 Å². The number of hydrogen-bond acceptors (Lipinski definition) is 8. The van der Waals surface area contributed by atoms with Gasteiger partial charge < -0.3 is 15.4 Å². The maximum absolute atomic E-state index is 13.1. The van der Waals surface area contributed by atoms with Crippen LogP contribution in [0.3, 0.4) is 0 Å². The van der Waals surface area contributed by atoms with Gasteiger partial charge in [0.1, 0.15) is 21.5 Å². The number of pyridine rings is 2. The molecule has 0 spiro atoms. The predicted octanol–water partition coefficient (Wildman–Crippen LogP) is 5.62. The highest BCUT2D eigenvalue weighted by molar-refractivity contribution is 7.13. The van der Waals surface area contributed by atoms with Gasteiger partial charge in [0.05, 0.1) is 41.2 Å². The molecule has 0 aliphatic rings. The van der Waals surface area contributed by atoms with Crippen LogP contribution in [-0.4, -0.2) is 39.6 Å². The van der Waals surface area contributed by atoms with Crippen molar-refractivity contribution in [3.63, 3.8) is 0 Å². The number of rotatable bonds is 9. The Balaban J connectivity index is 1.71. The Morgan fingerprint density at radius 2 is 2.00 bits per heavy atom. The van der Waals surface area contributed by atoms with Crippen LogP contribution in [0.15, 0.2) is 66.3 Å². The van der Waals surface area contributed by atoms with Crippen LogP contribution in [0.25, 0.3) is 0 Å². The largest absolute Gasteiger partial charge is 0.496 e. The van der Waals surface area contributed by atoms with Crippen LogP contribution in [0.5, 0.6) is 5.75 Å². The van der Waals surface area contributed by atoms with Crippen molar-refractivity contribution < 1.29 is 27.5 Å². The second kappa shape index (κ2) is 12.6. The van der Waals surface area contributed by atoms with Gasteiger partial charge in [-0.3, -0.25) is 19.6 Å². The lowest BCUT2D eigenvalue weighted by Gasteiger charge is -2.12. The maximum Gasteiger partial charge on any atom is 0.418 e. The van der Waals surface area contributed by atoms with Crippen molar-refractivity contribution in [3.8, 4) is 5.75 Å². The second-order valence-corrected chi connectivity index (χ2v) is 9.33. The average Bonchev–Trinajstić information content (AvgIpc) is 3.39. The molecule has 0 radical (unpaired) electrons. The number of hydrogen-bond donors (Lipinski definition) is 2. The first kappa shape index (κ1) is 29.5. The zero-order valence-electron chi connectivity index (χ0n) is 20.8. The van der Waals surface area contributed by atoms with Crippen molar-refractivity contribution in [3.05, 3.63) is 87.4 Å². The number of halogens is 4. The van der Waals surface area contributed by atoms with Crippen molar-refractivity contribution in [2.75, 3.05) is 12.4 Å². The van der Waals surface area contributed by atoms with Crippen molar-refractivity contribution in [2.45, 2.75) is 26.1 Å². The molecular weight excluding hydrogens is 557 g/mol. The van der Waals surface area contributed by atoms with E-state index in [0.29, 0.717) is 33.7 Å². The number of carbonyl (C=O) groups excluding carboxylic acids is 2. The second-order valence-electron chi connectivity index (χ2n) is 7.86. The van der Waals surface area contributed by atoms with Gasteiger partial charge in [0.25, 0.3) is 5.91 Å². The van der Waals surface area contributed by atoms with Gasteiger partial charge in [-0.2, -0.15) is 13.2 Å². The molecule has 0 aliphatic carbocycles. The Labute approximate surface area is 230 Å². The quantitative estimate of drug-likeness (QED) is 0.251.